The molecule has 0 saturated carbocycles. The van der Waals surface area contributed by atoms with Gasteiger partial charge in [-0.05, 0) is 12.6 Å². The number of benzene rings is 1. The average molecular weight is 241 g/mol. The predicted octanol–water partition coefficient (Wildman–Crippen LogP) is 1.20. The second-order valence-corrected chi connectivity index (χ2v) is 4.35. The number of anilines is 1. The molecule has 3 aromatic rings. The van der Waals surface area contributed by atoms with Crippen LogP contribution in [-0.4, -0.2) is 21.3 Å². The van der Waals surface area contributed by atoms with E-state index in [1.807, 2.05) is 36.0 Å². The lowest BCUT2D eigenvalue weighted by Crippen LogP contribution is -2.07. The number of nitrogen functional groups attached to an aromatic ring is 1. The van der Waals surface area contributed by atoms with Crippen molar-refractivity contribution >= 4 is 27.6 Å². The molecule has 0 atom stereocenters. The molecule has 0 unspecified atom stereocenters. The van der Waals surface area contributed by atoms with Gasteiger partial charge in [0.15, 0.2) is 5.82 Å². The van der Waals surface area contributed by atoms with Crippen molar-refractivity contribution in [3.8, 4) is 0 Å². The fourth-order valence-electron chi connectivity index (χ4n) is 2.41. The summed E-state index contributed by atoms with van der Waals surface area (Å²) in [6.07, 6.45) is 0.778. The minimum Gasteiger partial charge on any atom is -0.382 e. The molecule has 0 aliphatic carbocycles. The molecule has 5 heteroatoms. The number of pyridine rings is 1. The number of rotatable bonds is 2. The van der Waals surface area contributed by atoms with Gasteiger partial charge in [0.05, 0.1) is 5.52 Å². The normalized spacial score (nSPS) is 11.4. The van der Waals surface area contributed by atoms with Gasteiger partial charge >= 0.3 is 0 Å². The Morgan fingerprint density at radius 3 is 2.83 bits per heavy atom. The lowest BCUT2D eigenvalue weighted by Gasteiger charge is -2.03. The van der Waals surface area contributed by atoms with Gasteiger partial charge < -0.3 is 11.5 Å². The van der Waals surface area contributed by atoms with E-state index in [0.29, 0.717) is 12.4 Å². The van der Waals surface area contributed by atoms with Crippen molar-refractivity contribution in [3.05, 3.63) is 30.0 Å². The van der Waals surface area contributed by atoms with Crippen molar-refractivity contribution in [2.45, 2.75) is 6.42 Å². The summed E-state index contributed by atoms with van der Waals surface area (Å²) in [5, 5.41) is 6.61. The summed E-state index contributed by atoms with van der Waals surface area (Å²) >= 11 is 0. The van der Waals surface area contributed by atoms with Gasteiger partial charge in [-0.1, -0.05) is 18.2 Å². The van der Waals surface area contributed by atoms with Crippen LogP contribution in [0.1, 0.15) is 5.69 Å². The fraction of sp³-hybridized carbons (Fsp3) is 0.231. The van der Waals surface area contributed by atoms with Crippen LogP contribution in [-0.2, 0) is 13.5 Å². The first-order valence-electron chi connectivity index (χ1n) is 5.92. The molecule has 1 aromatic carbocycles. The van der Waals surface area contributed by atoms with Crippen LogP contribution in [0.2, 0.25) is 0 Å². The highest BCUT2D eigenvalue weighted by atomic mass is 15.3. The lowest BCUT2D eigenvalue weighted by molar-refractivity contribution is 0.716. The molecular formula is C13H15N5. The molecule has 0 aliphatic heterocycles. The number of fused-ring (bicyclic) bond motifs is 3. The van der Waals surface area contributed by atoms with Crippen molar-refractivity contribution < 1.29 is 0 Å². The van der Waals surface area contributed by atoms with E-state index >= 15 is 0 Å². The number of hydrogen-bond acceptors (Lipinski definition) is 4. The number of aryl methyl sites for hydroxylation is 1. The van der Waals surface area contributed by atoms with Gasteiger partial charge in [-0.15, -0.1) is 0 Å². The molecule has 5 nitrogen and oxygen atoms in total. The van der Waals surface area contributed by atoms with Gasteiger partial charge in [-0.3, -0.25) is 4.68 Å². The third-order valence-corrected chi connectivity index (χ3v) is 3.20. The zero-order valence-corrected chi connectivity index (χ0v) is 10.2. The van der Waals surface area contributed by atoms with Gasteiger partial charge in [-0.25, -0.2) is 4.98 Å². The van der Waals surface area contributed by atoms with Crippen molar-refractivity contribution in [3.63, 3.8) is 0 Å². The molecule has 92 valence electrons. The molecule has 0 saturated heterocycles. The van der Waals surface area contributed by atoms with E-state index in [0.717, 1.165) is 33.9 Å². The number of hydrogen-bond donors (Lipinski definition) is 2. The van der Waals surface area contributed by atoms with Crippen LogP contribution in [0.15, 0.2) is 24.3 Å². The maximum absolute atomic E-state index is 5.98. The second kappa shape index (κ2) is 3.96. The van der Waals surface area contributed by atoms with Crippen molar-refractivity contribution in [2.75, 3.05) is 12.3 Å². The van der Waals surface area contributed by atoms with Crippen LogP contribution in [0.3, 0.4) is 0 Å². The van der Waals surface area contributed by atoms with E-state index in [9.17, 15) is 0 Å². The molecule has 2 aromatic heterocycles. The Morgan fingerprint density at radius 1 is 1.28 bits per heavy atom. The molecule has 2 heterocycles. The number of nitrogens with zero attached hydrogens (tertiary/aromatic N) is 3. The smallest absolute Gasteiger partial charge is 0.152 e. The highest BCUT2D eigenvalue weighted by Gasteiger charge is 2.15. The molecule has 0 spiro atoms. The van der Waals surface area contributed by atoms with E-state index in [4.69, 9.17) is 11.5 Å². The summed E-state index contributed by atoms with van der Waals surface area (Å²) < 4.78 is 1.85. The van der Waals surface area contributed by atoms with Crippen LogP contribution in [0.4, 0.5) is 5.82 Å². The Balaban J connectivity index is 2.51. The minimum absolute atomic E-state index is 0.475. The summed E-state index contributed by atoms with van der Waals surface area (Å²) in [5.74, 6) is 0.475. The highest BCUT2D eigenvalue weighted by molar-refractivity contribution is 6.09. The average Bonchev–Trinajstić information content (AvgIpc) is 2.69. The van der Waals surface area contributed by atoms with Gasteiger partial charge in [0.2, 0.25) is 0 Å². The third-order valence-electron chi connectivity index (χ3n) is 3.20. The maximum atomic E-state index is 5.98. The van der Waals surface area contributed by atoms with Crippen molar-refractivity contribution in [2.24, 2.45) is 12.8 Å². The van der Waals surface area contributed by atoms with Crippen LogP contribution in [0.25, 0.3) is 21.8 Å². The van der Waals surface area contributed by atoms with E-state index in [2.05, 4.69) is 10.1 Å². The number of nitrogens with two attached hydrogens (primary N) is 2. The van der Waals surface area contributed by atoms with E-state index in [-0.39, 0.29) is 0 Å². The lowest BCUT2D eigenvalue weighted by atomic mass is 10.1. The predicted molar refractivity (Wildman–Crippen MR) is 73.2 cm³/mol. The van der Waals surface area contributed by atoms with Crippen molar-refractivity contribution in [1.82, 2.24) is 14.8 Å². The highest BCUT2D eigenvalue weighted by Crippen LogP contribution is 2.29. The topological polar surface area (TPSA) is 82.8 Å². The first-order valence-corrected chi connectivity index (χ1v) is 5.92. The van der Waals surface area contributed by atoms with Gasteiger partial charge in [0.1, 0.15) is 5.52 Å². The molecule has 3 rings (SSSR count). The Hall–Kier alpha value is -2.14. The zero-order chi connectivity index (χ0) is 12.7. The van der Waals surface area contributed by atoms with Crippen LogP contribution < -0.4 is 11.5 Å². The Labute approximate surface area is 104 Å². The Kier molecular flexibility index (Phi) is 2.41. The summed E-state index contributed by atoms with van der Waals surface area (Å²) in [6, 6.07) is 7.97. The number of para-hydroxylation sites is 1. The van der Waals surface area contributed by atoms with E-state index < -0.39 is 0 Å². The fourth-order valence-corrected chi connectivity index (χ4v) is 2.41. The molecule has 0 fully saturated rings. The van der Waals surface area contributed by atoms with Gasteiger partial charge in [0.25, 0.3) is 0 Å². The van der Waals surface area contributed by atoms with Crippen LogP contribution in [0.5, 0.6) is 0 Å². The SMILES string of the molecule is Cn1nc2c(N)nc3ccccc3c2c1CCN. The monoisotopic (exact) mass is 241 g/mol. The van der Waals surface area contributed by atoms with Crippen molar-refractivity contribution in [1.29, 1.82) is 0 Å². The summed E-state index contributed by atoms with van der Waals surface area (Å²) in [6.45, 7) is 0.588. The molecular weight excluding hydrogens is 226 g/mol. The third kappa shape index (κ3) is 1.44. The molecule has 18 heavy (non-hydrogen) atoms. The summed E-state index contributed by atoms with van der Waals surface area (Å²) in [7, 11) is 1.92. The van der Waals surface area contributed by atoms with E-state index in [1.165, 1.54) is 0 Å². The largest absolute Gasteiger partial charge is 0.382 e. The standard InChI is InChI=1S/C13H15N5/c1-18-10(6-7-14)11-8-4-2-3-5-9(8)16-13(15)12(11)17-18/h2-5H,6-7,14H2,1H3,(H2,15,16). The van der Waals surface area contributed by atoms with E-state index in [1.54, 1.807) is 0 Å². The second-order valence-electron chi connectivity index (χ2n) is 4.35. The summed E-state index contributed by atoms with van der Waals surface area (Å²) in [5.41, 5.74) is 14.4. The van der Waals surface area contributed by atoms with Gasteiger partial charge in [-0.2, -0.15) is 5.10 Å². The Morgan fingerprint density at radius 2 is 2.06 bits per heavy atom. The quantitative estimate of drug-likeness (QED) is 0.706. The molecule has 0 aliphatic rings. The minimum atomic E-state index is 0.475. The maximum Gasteiger partial charge on any atom is 0.152 e. The first-order chi connectivity index (χ1) is 8.72. The number of aromatic nitrogens is 3. The molecule has 0 amide bonds. The van der Waals surface area contributed by atoms with Crippen LogP contribution in [0, 0.1) is 0 Å². The zero-order valence-electron chi connectivity index (χ0n) is 10.2. The molecule has 0 bridgehead atoms. The van der Waals surface area contributed by atoms with Crippen LogP contribution >= 0.6 is 0 Å². The first kappa shape index (κ1) is 11.0. The molecule has 0 radical (unpaired) electrons. The molecule has 4 N–H and O–H groups in total. The van der Waals surface area contributed by atoms with Gasteiger partial charge in [0, 0.05) is 29.9 Å². The Bertz CT molecular complexity index is 729. The summed E-state index contributed by atoms with van der Waals surface area (Å²) in [4.78, 5) is 4.39.